The van der Waals surface area contributed by atoms with Crippen LogP contribution in [0.15, 0.2) is 54.0 Å². The number of carbonyl (C=O) groups excluding carboxylic acids is 1. The van der Waals surface area contributed by atoms with Crippen LogP contribution in [0.4, 0.5) is 14.5 Å². The SMILES string of the molecule is O=C(c1csc2nc(-c3ccc(F)cc3)cn12)N1CCN(c2ccc(F)c(Cl)c2)CC1. The molecule has 5 rings (SSSR count). The van der Waals surface area contributed by atoms with Gasteiger partial charge in [-0.25, -0.2) is 13.8 Å². The number of aromatic nitrogens is 2. The molecule has 4 aromatic rings. The molecule has 1 aliphatic rings. The van der Waals surface area contributed by atoms with E-state index in [9.17, 15) is 13.6 Å². The maximum absolute atomic E-state index is 13.4. The molecule has 0 radical (unpaired) electrons. The Hall–Kier alpha value is -2.97. The van der Waals surface area contributed by atoms with Crippen LogP contribution < -0.4 is 4.90 Å². The summed E-state index contributed by atoms with van der Waals surface area (Å²) in [6.45, 7) is 2.35. The minimum Gasteiger partial charge on any atom is -0.368 e. The quantitative estimate of drug-likeness (QED) is 0.436. The molecule has 158 valence electrons. The van der Waals surface area contributed by atoms with E-state index >= 15 is 0 Å². The normalized spacial score (nSPS) is 14.4. The van der Waals surface area contributed by atoms with Gasteiger partial charge in [-0.2, -0.15) is 0 Å². The topological polar surface area (TPSA) is 40.9 Å². The zero-order valence-corrected chi connectivity index (χ0v) is 17.8. The zero-order chi connectivity index (χ0) is 21.5. The molecule has 2 aromatic heterocycles. The molecule has 31 heavy (non-hydrogen) atoms. The van der Waals surface area contributed by atoms with Crippen molar-refractivity contribution in [2.45, 2.75) is 0 Å². The van der Waals surface area contributed by atoms with Gasteiger partial charge < -0.3 is 9.80 Å². The third-order valence-electron chi connectivity index (χ3n) is 5.40. The van der Waals surface area contributed by atoms with Crippen LogP contribution in [0.3, 0.4) is 0 Å². The first-order chi connectivity index (χ1) is 15.0. The van der Waals surface area contributed by atoms with E-state index in [1.165, 1.54) is 29.5 Å². The third kappa shape index (κ3) is 3.77. The largest absolute Gasteiger partial charge is 0.368 e. The Balaban J connectivity index is 1.32. The smallest absolute Gasteiger partial charge is 0.271 e. The van der Waals surface area contributed by atoms with Crippen molar-refractivity contribution in [2.24, 2.45) is 0 Å². The number of halogens is 3. The number of nitrogens with zero attached hydrogens (tertiary/aromatic N) is 4. The Bertz CT molecular complexity index is 1260. The third-order valence-corrected chi connectivity index (χ3v) is 6.53. The highest BCUT2D eigenvalue weighted by Gasteiger charge is 2.25. The van der Waals surface area contributed by atoms with E-state index in [0.29, 0.717) is 42.5 Å². The van der Waals surface area contributed by atoms with Crippen LogP contribution in [0, 0.1) is 11.6 Å². The number of benzene rings is 2. The van der Waals surface area contributed by atoms with Crippen molar-refractivity contribution in [3.05, 3.63) is 76.4 Å². The molecule has 0 aliphatic carbocycles. The lowest BCUT2D eigenvalue weighted by Crippen LogP contribution is -2.49. The number of piperazine rings is 1. The van der Waals surface area contributed by atoms with Gasteiger partial charge in [0.05, 0.1) is 10.7 Å². The van der Waals surface area contributed by atoms with Gasteiger partial charge in [0.25, 0.3) is 5.91 Å². The molecule has 0 N–H and O–H groups in total. The van der Waals surface area contributed by atoms with E-state index in [1.54, 1.807) is 33.6 Å². The lowest BCUT2D eigenvalue weighted by molar-refractivity contribution is 0.0740. The number of thiazole rings is 1. The number of anilines is 1. The average Bonchev–Trinajstić information content (AvgIpc) is 3.37. The summed E-state index contributed by atoms with van der Waals surface area (Å²) in [5, 5.41) is 1.90. The van der Waals surface area contributed by atoms with Crippen LogP contribution in [0.25, 0.3) is 16.2 Å². The maximum Gasteiger partial charge on any atom is 0.271 e. The van der Waals surface area contributed by atoms with Gasteiger partial charge in [-0.15, -0.1) is 11.3 Å². The highest BCUT2D eigenvalue weighted by Crippen LogP contribution is 2.26. The Morgan fingerprint density at radius 2 is 1.77 bits per heavy atom. The zero-order valence-electron chi connectivity index (χ0n) is 16.3. The van der Waals surface area contributed by atoms with Crippen molar-refractivity contribution < 1.29 is 13.6 Å². The summed E-state index contributed by atoms with van der Waals surface area (Å²) in [6, 6.07) is 10.8. The Kier molecular flexibility index (Phi) is 5.11. The number of amides is 1. The molecule has 0 unspecified atom stereocenters. The molecule has 0 spiro atoms. The van der Waals surface area contributed by atoms with Crippen molar-refractivity contribution in [1.82, 2.24) is 14.3 Å². The first-order valence-electron chi connectivity index (χ1n) is 9.71. The second kappa shape index (κ2) is 7.94. The minimum absolute atomic E-state index is 0.0638. The van der Waals surface area contributed by atoms with Gasteiger partial charge in [0, 0.05) is 49.0 Å². The van der Waals surface area contributed by atoms with E-state index in [2.05, 4.69) is 9.88 Å². The average molecular weight is 459 g/mol. The summed E-state index contributed by atoms with van der Waals surface area (Å²) < 4.78 is 28.4. The number of hydrogen-bond donors (Lipinski definition) is 0. The van der Waals surface area contributed by atoms with E-state index in [1.807, 2.05) is 11.6 Å². The molecule has 1 amide bonds. The molecule has 1 saturated heterocycles. The van der Waals surface area contributed by atoms with Gasteiger partial charge in [-0.3, -0.25) is 9.20 Å². The van der Waals surface area contributed by atoms with Crippen molar-refractivity contribution in [3.8, 4) is 11.3 Å². The number of hydrogen-bond acceptors (Lipinski definition) is 4. The van der Waals surface area contributed by atoms with E-state index in [0.717, 1.165) is 11.3 Å². The van der Waals surface area contributed by atoms with Gasteiger partial charge in [0.15, 0.2) is 4.96 Å². The summed E-state index contributed by atoms with van der Waals surface area (Å²) in [6.07, 6.45) is 1.81. The van der Waals surface area contributed by atoms with E-state index < -0.39 is 5.82 Å². The van der Waals surface area contributed by atoms with Crippen LogP contribution in [0.5, 0.6) is 0 Å². The monoisotopic (exact) mass is 458 g/mol. The van der Waals surface area contributed by atoms with E-state index in [-0.39, 0.29) is 16.7 Å². The molecule has 0 bridgehead atoms. The molecule has 5 nitrogen and oxygen atoms in total. The Labute approximate surface area is 186 Å². The lowest BCUT2D eigenvalue weighted by Gasteiger charge is -2.36. The first-order valence-corrected chi connectivity index (χ1v) is 11.0. The highest BCUT2D eigenvalue weighted by atomic mass is 35.5. The number of fused-ring (bicyclic) bond motifs is 1. The fourth-order valence-electron chi connectivity index (χ4n) is 3.71. The predicted octanol–water partition coefficient (Wildman–Crippen LogP) is 4.96. The van der Waals surface area contributed by atoms with Crippen LogP contribution in [0.2, 0.25) is 5.02 Å². The van der Waals surface area contributed by atoms with Gasteiger partial charge in [-0.05, 0) is 42.5 Å². The summed E-state index contributed by atoms with van der Waals surface area (Å²) >= 11 is 7.29. The molecule has 1 aliphatic heterocycles. The Morgan fingerprint density at radius 3 is 2.48 bits per heavy atom. The van der Waals surface area contributed by atoms with Gasteiger partial charge in [0.1, 0.15) is 17.3 Å². The molecule has 0 atom stereocenters. The summed E-state index contributed by atoms with van der Waals surface area (Å²) in [5.41, 5.74) is 2.88. The molecular weight excluding hydrogens is 442 g/mol. The molecule has 9 heteroatoms. The molecule has 3 heterocycles. The van der Waals surface area contributed by atoms with Crippen molar-refractivity contribution in [3.63, 3.8) is 0 Å². The second-order valence-electron chi connectivity index (χ2n) is 7.28. The van der Waals surface area contributed by atoms with Crippen LogP contribution in [-0.4, -0.2) is 46.4 Å². The number of rotatable bonds is 3. The summed E-state index contributed by atoms with van der Waals surface area (Å²) in [5.74, 6) is -0.810. The fraction of sp³-hybridized carbons (Fsp3) is 0.182. The molecule has 1 fully saturated rings. The summed E-state index contributed by atoms with van der Waals surface area (Å²) in [7, 11) is 0. The Morgan fingerprint density at radius 1 is 1.03 bits per heavy atom. The van der Waals surface area contributed by atoms with Crippen molar-refractivity contribution in [1.29, 1.82) is 0 Å². The van der Waals surface area contributed by atoms with Gasteiger partial charge in [-0.1, -0.05) is 11.6 Å². The molecular formula is C22H17ClF2N4OS. The maximum atomic E-state index is 13.4. The highest BCUT2D eigenvalue weighted by molar-refractivity contribution is 7.15. The van der Waals surface area contributed by atoms with Gasteiger partial charge in [0.2, 0.25) is 0 Å². The first kappa shape index (κ1) is 20.0. The lowest BCUT2D eigenvalue weighted by atomic mass is 10.2. The standard InChI is InChI=1S/C22H17ClF2N4OS/c23-17-11-16(5-6-18(17)25)27-7-9-28(10-8-27)21(30)20-13-31-22-26-19(12-29(20)22)14-1-3-15(24)4-2-14/h1-6,11-13H,7-10H2. The van der Waals surface area contributed by atoms with Crippen molar-refractivity contribution in [2.75, 3.05) is 31.1 Å². The summed E-state index contributed by atoms with van der Waals surface area (Å²) in [4.78, 5) is 22.3. The number of imidazole rings is 1. The fourth-order valence-corrected chi connectivity index (χ4v) is 4.73. The molecule has 0 saturated carbocycles. The number of carbonyl (C=O) groups is 1. The van der Waals surface area contributed by atoms with Crippen LogP contribution in [-0.2, 0) is 0 Å². The van der Waals surface area contributed by atoms with Gasteiger partial charge >= 0.3 is 0 Å². The predicted molar refractivity (Wildman–Crippen MR) is 118 cm³/mol. The van der Waals surface area contributed by atoms with Crippen LogP contribution >= 0.6 is 22.9 Å². The van der Waals surface area contributed by atoms with Crippen molar-refractivity contribution >= 4 is 39.5 Å². The van der Waals surface area contributed by atoms with Crippen LogP contribution in [0.1, 0.15) is 10.5 Å². The molecule has 2 aromatic carbocycles. The minimum atomic E-state index is -0.443. The second-order valence-corrected chi connectivity index (χ2v) is 8.53. The van der Waals surface area contributed by atoms with E-state index in [4.69, 9.17) is 11.6 Å².